The third kappa shape index (κ3) is 2.57. The van der Waals surface area contributed by atoms with Crippen LogP contribution in [0.3, 0.4) is 0 Å². The number of anilines is 1. The summed E-state index contributed by atoms with van der Waals surface area (Å²) in [6.07, 6.45) is 1.87. The SMILES string of the molecule is Cc1cc(Br)c(NC2CCc3cc(F)ccc32)cc1Cl. The van der Waals surface area contributed by atoms with Gasteiger partial charge in [-0.2, -0.15) is 0 Å². The Morgan fingerprint density at radius 2 is 2.10 bits per heavy atom. The van der Waals surface area contributed by atoms with E-state index in [1.54, 1.807) is 6.07 Å². The van der Waals surface area contributed by atoms with E-state index in [-0.39, 0.29) is 11.9 Å². The first-order valence-electron chi connectivity index (χ1n) is 6.55. The predicted molar refractivity (Wildman–Crippen MR) is 85.0 cm³/mol. The van der Waals surface area contributed by atoms with Gasteiger partial charge < -0.3 is 5.32 Å². The second-order valence-electron chi connectivity index (χ2n) is 5.16. The molecule has 0 amide bonds. The van der Waals surface area contributed by atoms with E-state index in [0.29, 0.717) is 0 Å². The van der Waals surface area contributed by atoms with Gasteiger partial charge in [0.2, 0.25) is 0 Å². The van der Waals surface area contributed by atoms with Gasteiger partial charge in [0.25, 0.3) is 0 Å². The van der Waals surface area contributed by atoms with Crippen molar-refractivity contribution in [2.24, 2.45) is 0 Å². The van der Waals surface area contributed by atoms with E-state index >= 15 is 0 Å². The van der Waals surface area contributed by atoms with Gasteiger partial charge in [-0.25, -0.2) is 4.39 Å². The minimum absolute atomic E-state index is 0.163. The molecule has 0 aromatic heterocycles. The molecule has 1 unspecified atom stereocenters. The van der Waals surface area contributed by atoms with Crippen LogP contribution in [0.4, 0.5) is 10.1 Å². The molecule has 1 N–H and O–H groups in total. The standard InChI is InChI=1S/C16H14BrClFN/c1-9-6-13(17)16(8-14(9)18)20-15-5-2-10-7-11(19)3-4-12(10)15/h3-4,6-8,15,20H,2,5H2,1H3. The summed E-state index contributed by atoms with van der Waals surface area (Å²) in [5, 5.41) is 4.24. The number of hydrogen-bond acceptors (Lipinski definition) is 1. The average molecular weight is 355 g/mol. The Labute approximate surface area is 131 Å². The molecule has 1 aliphatic rings. The van der Waals surface area contributed by atoms with Crippen LogP contribution < -0.4 is 5.32 Å². The van der Waals surface area contributed by atoms with Crippen molar-refractivity contribution in [1.29, 1.82) is 0 Å². The van der Waals surface area contributed by atoms with Crippen LogP contribution in [0.25, 0.3) is 0 Å². The molecule has 0 radical (unpaired) electrons. The van der Waals surface area contributed by atoms with Gasteiger partial charge in [-0.3, -0.25) is 0 Å². The largest absolute Gasteiger partial charge is 0.377 e. The van der Waals surface area contributed by atoms with E-state index in [4.69, 9.17) is 11.6 Å². The van der Waals surface area contributed by atoms with Crippen molar-refractivity contribution in [1.82, 2.24) is 0 Å². The van der Waals surface area contributed by atoms with Crippen molar-refractivity contribution >= 4 is 33.2 Å². The molecule has 1 atom stereocenters. The Morgan fingerprint density at radius 1 is 1.30 bits per heavy atom. The Hall–Kier alpha value is -1.06. The van der Waals surface area contributed by atoms with Gasteiger partial charge in [-0.15, -0.1) is 0 Å². The molecule has 0 heterocycles. The topological polar surface area (TPSA) is 12.0 Å². The normalized spacial score (nSPS) is 17.1. The van der Waals surface area contributed by atoms with Crippen molar-refractivity contribution in [3.63, 3.8) is 0 Å². The maximum absolute atomic E-state index is 13.2. The number of benzene rings is 2. The van der Waals surface area contributed by atoms with Crippen LogP contribution >= 0.6 is 27.5 Å². The Bertz CT molecular complexity index is 672. The van der Waals surface area contributed by atoms with E-state index in [0.717, 1.165) is 39.2 Å². The molecule has 2 aromatic carbocycles. The second-order valence-corrected chi connectivity index (χ2v) is 6.42. The zero-order valence-electron chi connectivity index (χ0n) is 11.0. The smallest absolute Gasteiger partial charge is 0.123 e. The first-order valence-corrected chi connectivity index (χ1v) is 7.72. The zero-order chi connectivity index (χ0) is 14.3. The van der Waals surface area contributed by atoms with Crippen LogP contribution in [-0.2, 0) is 6.42 Å². The molecule has 0 bridgehead atoms. The van der Waals surface area contributed by atoms with Gasteiger partial charge >= 0.3 is 0 Å². The summed E-state index contributed by atoms with van der Waals surface area (Å²) in [5.41, 5.74) is 4.28. The van der Waals surface area contributed by atoms with E-state index in [2.05, 4.69) is 21.2 Å². The molecule has 2 aromatic rings. The summed E-state index contributed by atoms with van der Waals surface area (Å²) >= 11 is 9.74. The molecule has 4 heteroatoms. The highest BCUT2D eigenvalue weighted by Gasteiger charge is 2.23. The molecule has 0 fully saturated rings. The second kappa shape index (κ2) is 5.38. The van der Waals surface area contributed by atoms with Crippen LogP contribution in [0.15, 0.2) is 34.8 Å². The van der Waals surface area contributed by atoms with E-state index < -0.39 is 0 Å². The lowest BCUT2D eigenvalue weighted by Gasteiger charge is -2.17. The Morgan fingerprint density at radius 3 is 2.90 bits per heavy atom. The summed E-state index contributed by atoms with van der Waals surface area (Å²) < 4.78 is 14.2. The fourth-order valence-electron chi connectivity index (χ4n) is 2.68. The summed E-state index contributed by atoms with van der Waals surface area (Å²) in [7, 11) is 0. The Kier molecular flexibility index (Phi) is 3.74. The summed E-state index contributed by atoms with van der Waals surface area (Å²) in [6.45, 7) is 1.98. The molecule has 0 saturated carbocycles. The Balaban J connectivity index is 1.89. The lowest BCUT2D eigenvalue weighted by molar-refractivity contribution is 0.626. The molecule has 20 heavy (non-hydrogen) atoms. The summed E-state index contributed by atoms with van der Waals surface area (Å²) in [5.74, 6) is -0.163. The lowest BCUT2D eigenvalue weighted by atomic mass is 10.1. The first-order chi connectivity index (χ1) is 9.54. The number of rotatable bonds is 2. The van der Waals surface area contributed by atoms with Gasteiger partial charge in [0.05, 0.1) is 11.7 Å². The summed E-state index contributed by atoms with van der Waals surface area (Å²) in [4.78, 5) is 0. The predicted octanol–water partition coefficient (Wildman–Crippen LogP) is 5.65. The first kappa shape index (κ1) is 13.9. The van der Waals surface area contributed by atoms with E-state index in [1.165, 1.54) is 11.6 Å². The highest BCUT2D eigenvalue weighted by molar-refractivity contribution is 9.10. The van der Waals surface area contributed by atoms with Gasteiger partial charge in [0.15, 0.2) is 0 Å². The quantitative estimate of drug-likeness (QED) is 0.735. The number of aryl methyl sites for hydroxylation is 2. The monoisotopic (exact) mass is 353 g/mol. The molecule has 1 aliphatic carbocycles. The highest BCUT2D eigenvalue weighted by atomic mass is 79.9. The van der Waals surface area contributed by atoms with Gasteiger partial charge in [-0.05, 0) is 76.7 Å². The van der Waals surface area contributed by atoms with Crippen LogP contribution in [0.5, 0.6) is 0 Å². The number of nitrogens with one attached hydrogen (secondary N) is 1. The molecular formula is C16H14BrClFN. The molecule has 104 valence electrons. The molecule has 3 rings (SSSR count). The van der Waals surface area contributed by atoms with Crippen LogP contribution in [0.1, 0.15) is 29.2 Å². The van der Waals surface area contributed by atoms with Gasteiger partial charge in [-0.1, -0.05) is 17.7 Å². The third-order valence-electron chi connectivity index (χ3n) is 3.76. The zero-order valence-corrected chi connectivity index (χ0v) is 13.4. The molecule has 0 saturated heterocycles. The highest BCUT2D eigenvalue weighted by Crippen LogP contribution is 2.37. The van der Waals surface area contributed by atoms with E-state index in [1.807, 2.05) is 25.1 Å². The minimum Gasteiger partial charge on any atom is -0.377 e. The minimum atomic E-state index is -0.163. The number of hydrogen-bond donors (Lipinski definition) is 1. The lowest BCUT2D eigenvalue weighted by Crippen LogP contribution is -2.07. The maximum atomic E-state index is 13.2. The molecule has 0 spiro atoms. The van der Waals surface area contributed by atoms with Crippen molar-refractivity contribution in [3.05, 3.63) is 62.3 Å². The van der Waals surface area contributed by atoms with Crippen molar-refractivity contribution < 1.29 is 4.39 Å². The van der Waals surface area contributed by atoms with Crippen LogP contribution in [-0.4, -0.2) is 0 Å². The van der Waals surface area contributed by atoms with Crippen LogP contribution in [0.2, 0.25) is 5.02 Å². The van der Waals surface area contributed by atoms with Crippen LogP contribution in [0, 0.1) is 12.7 Å². The molecule has 0 aliphatic heterocycles. The maximum Gasteiger partial charge on any atom is 0.123 e. The number of halogens is 3. The molecule has 1 nitrogen and oxygen atoms in total. The number of fused-ring (bicyclic) bond motifs is 1. The van der Waals surface area contributed by atoms with Crippen molar-refractivity contribution in [2.75, 3.05) is 5.32 Å². The fraction of sp³-hybridized carbons (Fsp3) is 0.250. The molecular weight excluding hydrogens is 341 g/mol. The average Bonchev–Trinajstić information content (AvgIpc) is 2.78. The third-order valence-corrected chi connectivity index (χ3v) is 4.82. The fourth-order valence-corrected chi connectivity index (χ4v) is 3.42. The van der Waals surface area contributed by atoms with Gasteiger partial charge in [0, 0.05) is 9.50 Å². The van der Waals surface area contributed by atoms with Crippen molar-refractivity contribution in [3.8, 4) is 0 Å². The summed E-state index contributed by atoms with van der Waals surface area (Å²) in [6, 6.07) is 9.18. The van der Waals surface area contributed by atoms with E-state index in [9.17, 15) is 4.39 Å². The van der Waals surface area contributed by atoms with Crippen molar-refractivity contribution in [2.45, 2.75) is 25.8 Å². The van der Waals surface area contributed by atoms with Gasteiger partial charge in [0.1, 0.15) is 5.82 Å².